The first-order valence-corrected chi connectivity index (χ1v) is 27.4. The number of aliphatic hydroxyl groups is 1. The molecule has 1 aliphatic rings. The van der Waals surface area contributed by atoms with E-state index in [1.54, 1.807) is 44.6 Å². The minimum atomic E-state index is -2.53. The van der Waals surface area contributed by atoms with Crippen LogP contribution in [0.4, 0.5) is 0 Å². The molecule has 1 aromatic carbocycles. The first-order chi connectivity index (χ1) is 27.0. The summed E-state index contributed by atoms with van der Waals surface area (Å²) >= 11 is 0. The Morgan fingerprint density at radius 2 is 1.46 bits per heavy atom. The van der Waals surface area contributed by atoms with Gasteiger partial charge in [-0.2, -0.15) is 0 Å². The van der Waals surface area contributed by atoms with Crippen LogP contribution in [0.1, 0.15) is 101 Å². The van der Waals surface area contributed by atoms with Gasteiger partial charge in [-0.05, 0) is 79.4 Å². The smallest absolute Gasteiger partial charge is 0.333 e. The zero-order chi connectivity index (χ0) is 45.1. The van der Waals surface area contributed by atoms with Crippen LogP contribution in [-0.4, -0.2) is 92.4 Å². The summed E-state index contributed by atoms with van der Waals surface area (Å²) in [5.41, 5.74) is 4.61. The number of aliphatic hydroxyl groups excluding tert-OH is 1. The Labute approximate surface area is 355 Å². The summed E-state index contributed by atoms with van der Waals surface area (Å²) in [6.45, 7) is 32.7. The molecule has 2 aromatic rings. The van der Waals surface area contributed by atoms with Crippen molar-refractivity contribution >= 4 is 28.0 Å². The maximum Gasteiger partial charge on any atom is 0.333 e. The van der Waals surface area contributed by atoms with Crippen LogP contribution in [0.25, 0.3) is 0 Å². The number of nitrogens with one attached hydrogen (secondary N) is 2. The van der Waals surface area contributed by atoms with E-state index in [0.717, 1.165) is 5.56 Å². The van der Waals surface area contributed by atoms with Gasteiger partial charge in [-0.25, -0.2) is 4.79 Å². The van der Waals surface area contributed by atoms with Crippen molar-refractivity contribution in [2.75, 3.05) is 20.2 Å². The third-order valence-electron chi connectivity index (χ3n) is 13.2. The van der Waals surface area contributed by atoms with Gasteiger partial charge in [-0.15, -0.1) is 0 Å². The number of nitrogens with zero attached hydrogens (tertiary/aromatic N) is 2. The highest BCUT2D eigenvalue weighted by atomic mass is 28.3. The average Bonchev–Trinajstić information content (AvgIpc) is 3.51. The van der Waals surface area contributed by atoms with E-state index in [2.05, 4.69) is 78.4 Å². The third-order valence-corrected chi connectivity index (χ3v) is 25.9. The highest BCUT2D eigenvalue weighted by Crippen LogP contribution is 2.65. The normalized spacial score (nSPS) is 20.9. The lowest BCUT2D eigenvalue weighted by atomic mass is 10.0. The van der Waals surface area contributed by atoms with Gasteiger partial charge in [0.15, 0.2) is 0 Å². The van der Waals surface area contributed by atoms with E-state index >= 15 is 0 Å². The highest BCUT2D eigenvalue weighted by molar-refractivity contribution is 6.87. The lowest BCUT2D eigenvalue weighted by Crippen LogP contribution is -2.59. The number of benzene rings is 1. The van der Waals surface area contributed by atoms with E-state index in [9.17, 15) is 24.3 Å². The number of methoxy groups -OCH3 is 1. The molecule has 3 rings (SSSR count). The van der Waals surface area contributed by atoms with E-state index in [0.29, 0.717) is 25.1 Å². The summed E-state index contributed by atoms with van der Waals surface area (Å²) in [6, 6.07) is 6.84. The Hall–Kier alpha value is -3.09. The van der Waals surface area contributed by atoms with Crippen molar-refractivity contribution in [3.63, 3.8) is 0 Å². The Morgan fingerprint density at radius 3 is 1.97 bits per heavy atom. The van der Waals surface area contributed by atoms with E-state index < -0.39 is 69.5 Å². The van der Waals surface area contributed by atoms with Crippen molar-refractivity contribution in [1.82, 2.24) is 19.8 Å². The number of hydrogen-bond donors (Lipinski definition) is 4. The maximum absolute atomic E-state index is 14.7. The molecule has 0 radical (unpaired) electrons. The number of esters is 1. The number of amides is 1. The van der Waals surface area contributed by atoms with Crippen LogP contribution >= 0.6 is 0 Å². The molecule has 0 unspecified atom stereocenters. The van der Waals surface area contributed by atoms with Gasteiger partial charge in [-0.3, -0.25) is 23.5 Å². The SMILES string of the molecule is COc1ccc(Cn2c(=O)ccn([C@@H]3O[C@@H]([C@H](O)[C@H](NCCCNC(=O)[C@@H](N)CC(C)C)C(=O)OC(C)(C)C)[C@@H]([Si](C)(C)C(C)(C)C)[C@H]3[Si](C)(C)C(C)(C)C)c2=O)cc1. The number of ether oxygens (including phenoxy) is 3. The fourth-order valence-corrected chi connectivity index (χ4v) is 16.6. The summed E-state index contributed by atoms with van der Waals surface area (Å²) < 4.78 is 21.2. The molecule has 0 aliphatic carbocycles. The number of carbonyl (C=O) groups excluding carboxylic acids is 2. The van der Waals surface area contributed by atoms with Crippen molar-refractivity contribution in [2.24, 2.45) is 11.7 Å². The van der Waals surface area contributed by atoms with Gasteiger partial charge in [0.2, 0.25) is 5.91 Å². The molecule has 59 heavy (non-hydrogen) atoms. The van der Waals surface area contributed by atoms with E-state index in [1.165, 1.54) is 16.8 Å². The molecule has 1 amide bonds. The van der Waals surface area contributed by atoms with Crippen molar-refractivity contribution in [2.45, 2.75) is 179 Å². The van der Waals surface area contributed by atoms with Crippen molar-refractivity contribution in [3.05, 3.63) is 62.9 Å². The number of aromatic nitrogens is 2. The molecule has 13 nitrogen and oxygen atoms in total. The lowest BCUT2D eigenvalue weighted by molar-refractivity contribution is -0.164. The standard InChI is InChI=1S/C44H77N5O8Si2/c1-28(2)26-31(45)38(52)47-24-17-23-46-33(40(53)57-42(3,4)5)34(51)35-36(58(13,14)43(6,7)8)37(59(15,16)44(9,10)11)39(56-35)48-25-22-32(50)49(41(48)54)27-29-18-20-30(55-12)21-19-29/h18-22,25,28,31,33-37,39,46,51H,17,23-24,26-27,45H2,1-16H3,(H,47,52)/t31-,33-,34+,35-,36+,37+,39+/m0/s1. The van der Waals surface area contributed by atoms with Crippen LogP contribution in [0.5, 0.6) is 5.75 Å². The summed E-state index contributed by atoms with van der Waals surface area (Å²) in [4.78, 5) is 54.8. The second-order valence-corrected chi connectivity index (χ2v) is 32.3. The third kappa shape index (κ3) is 12.1. The van der Waals surface area contributed by atoms with Gasteiger partial charge in [0.25, 0.3) is 5.56 Å². The van der Waals surface area contributed by atoms with Gasteiger partial charge >= 0.3 is 11.7 Å². The summed E-state index contributed by atoms with van der Waals surface area (Å²) in [7, 11) is -3.46. The van der Waals surface area contributed by atoms with Gasteiger partial charge in [0.05, 0.1) is 41.9 Å². The zero-order valence-corrected chi connectivity index (χ0v) is 40.9. The Bertz CT molecular complexity index is 1840. The van der Waals surface area contributed by atoms with Gasteiger partial charge < -0.3 is 35.7 Å². The molecule has 0 spiro atoms. The number of nitrogens with two attached hydrogens (primary N) is 1. The number of hydrogen-bond acceptors (Lipinski definition) is 10. The summed E-state index contributed by atoms with van der Waals surface area (Å²) in [5, 5.41) is 18.6. The number of carbonyl (C=O) groups is 2. The highest BCUT2D eigenvalue weighted by Gasteiger charge is 2.64. The molecule has 0 bridgehead atoms. The predicted octanol–water partition coefficient (Wildman–Crippen LogP) is 6.26. The van der Waals surface area contributed by atoms with Gasteiger partial charge in [-0.1, -0.05) is 93.7 Å². The maximum atomic E-state index is 14.7. The average molecular weight is 860 g/mol. The largest absolute Gasteiger partial charge is 0.497 e. The molecular formula is C44H77N5O8Si2. The van der Waals surface area contributed by atoms with Crippen LogP contribution in [-0.2, 0) is 25.6 Å². The van der Waals surface area contributed by atoms with Gasteiger partial charge in [0, 0.05) is 24.3 Å². The van der Waals surface area contributed by atoms with Crippen LogP contribution in [0.15, 0.2) is 46.1 Å². The minimum Gasteiger partial charge on any atom is -0.497 e. The quantitative estimate of drug-likeness (QED) is 0.0807. The molecule has 5 N–H and O–H groups in total. The molecule has 334 valence electrons. The second kappa shape index (κ2) is 19.3. The van der Waals surface area contributed by atoms with Crippen molar-refractivity contribution in [1.29, 1.82) is 0 Å². The Kier molecular flexibility index (Phi) is 16.5. The Morgan fingerprint density at radius 1 is 0.898 bits per heavy atom. The van der Waals surface area contributed by atoms with Crippen LogP contribution in [0.2, 0.25) is 47.3 Å². The molecule has 7 atom stereocenters. The predicted molar refractivity (Wildman–Crippen MR) is 242 cm³/mol. The lowest BCUT2D eigenvalue weighted by Gasteiger charge is -2.52. The zero-order valence-electron chi connectivity index (χ0n) is 38.9. The molecule has 0 saturated carbocycles. The van der Waals surface area contributed by atoms with E-state index in [1.807, 2.05) is 26.0 Å². The monoisotopic (exact) mass is 860 g/mol. The van der Waals surface area contributed by atoms with Crippen LogP contribution in [0, 0.1) is 5.92 Å². The molecule has 1 fully saturated rings. The van der Waals surface area contributed by atoms with Crippen molar-refractivity contribution < 1.29 is 28.9 Å². The molecule has 15 heteroatoms. The summed E-state index contributed by atoms with van der Waals surface area (Å²) in [5.74, 6) is 0.0923. The van der Waals surface area contributed by atoms with Gasteiger partial charge in [0.1, 0.15) is 29.7 Å². The van der Waals surface area contributed by atoms with Crippen molar-refractivity contribution in [3.8, 4) is 5.75 Å². The topological polar surface area (TPSA) is 176 Å². The first kappa shape index (κ1) is 50.3. The molecule has 1 aliphatic heterocycles. The van der Waals surface area contributed by atoms with Crippen LogP contribution in [0.3, 0.4) is 0 Å². The molecule has 2 heterocycles. The molecule has 1 aromatic heterocycles. The summed E-state index contributed by atoms with van der Waals surface area (Å²) in [6.07, 6.45) is -0.537. The Balaban J connectivity index is 2.19. The fraction of sp³-hybridized carbons (Fsp3) is 0.727. The number of rotatable bonds is 17. The fourth-order valence-electron chi connectivity index (χ4n) is 7.89. The van der Waals surface area contributed by atoms with Crippen LogP contribution < -0.4 is 32.4 Å². The minimum absolute atomic E-state index is 0.0481. The molecule has 1 saturated heterocycles. The first-order valence-electron chi connectivity index (χ1n) is 21.2. The van der Waals surface area contributed by atoms with E-state index in [-0.39, 0.29) is 46.1 Å². The molecular weight excluding hydrogens is 783 g/mol. The van der Waals surface area contributed by atoms with E-state index in [4.69, 9.17) is 19.9 Å². The second-order valence-electron chi connectivity index (χ2n) is 21.1.